The van der Waals surface area contributed by atoms with Crippen LogP contribution in [0.15, 0.2) is 94.4 Å². The summed E-state index contributed by atoms with van der Waals surface area (Å²) < 4.78 is 29.2. The first-order valence-electron chi connectivity index (χ1n) is 11.0. The molecule has 8 heteroatoms. The van der Waals surface area contributed by atoms with E-state index in [0.717, 1.165) is 14.8 Å². The van der Waals surface area contributed by atoms with Crippen molar-refractivity contribution in [2.24, 2.45) is 0 Å². The van der Waals surface area contributed by atoms with E-state index in [2.05, 4.69) is 0 Å². The fourth-order valence-electron chi connectivity index (χ4n) is 3.97. The Bertz CT molecular complexity index is 1380. The smallest absolute Gasteiger partial charge is 0.263 e. The van der Waals surface area contributed by atoms with Crippen LogP contribution in [-0.2, 0) is 16.6 Å². The number of rotatable bonds is 7. The minimum Gasteiger partial charge on any atom is -0.269 e. The maximum Gasteiger partial charge on any atom is 0.263 e. The highest BCUT2D eigenvalue weighted by Crippen LogP contribution is 2.35. The highest BCUT2D eigenvalue weighted by molar-refractivity contribution is 7.89. The lowest BCUT2D eigenvalue weighted by atomic mass is 10.1. The number of fused-ring (bicyclic) bond motifs is 1. The van der Waals surface area contributed by atoms with E-state index in [4.69, 9.17) is 11.6 Å². The molecular weight excluding hydrogens is 484 g/mol. The van der Waals surface area contributed by atoms with Gasteiger partial charge in [0.2, 0.25) is 10.0 Å². The molecule has 0 aromatic heterocycles. The number of amides is 2. The Balaban J connectivity index is 1.92. The van der Waals surface area contributed by atoms with E-state index in [1.807, 2.05) is 13.0 Å². The van der Waals surface area contributed by atoms with Crippen molar-refractivity contribution in [1.82, 2.24) is 9.21 Å². The number of benzene rings is 3. The van der Waals surface area contributed by atoms with Crippen LogP contribution in [0.4, 0.5) is 0 Å². The van der Waals surface area contributed by atoms with E-state index in [0.29, 0.717) is 11.1 Å². The molecule has 1 atom stereocenters. The van der Waals surface area contributed by atoms with Crippen molar-refractivity contribution in [3.05, 3.63) is 112 Å². The van der Waals surface area contributed by atoms with E-state index in [-0.39, 0.29) is 27.6 Å². The summed E-state index contributed by atoms with van der Waals surface area (Å²) in [6.45, 7) is 5.19. The first-order valence-corrected chi connectivity index (χ1v) is 12.9. The summed E-state index contributed by atoms with van der Waals surface area (Å²) in [6, 6.07) is 21.9. The van der Waals surface area contributed by atoms with Gasteiger partial charge in [-0.15, -0.1) is 0 Å². The molecule has 1 heterocycles. The Morgan fingerprint density at radius 2 is 1.37 bits per heavy atom. The molecule has 1 unspecified atom stereocenters. The minimum absolute atomic E-state index is 0.0406. The molecule has 0 radical (unpaired) electrons. The lowest BCUT2D eigenvalue weighted by molar-refractivity contribution is 0.0513. The third-order valence-electron chi connectivity index (χ3n) is 5.86. The van der Waals surface area contributed by atoms with E-state index >= 15 is 0 Å². The molecule has 0 fully saturated rings. The monoisotopic (exact) mass is 508 g/mol. The highest BCUT2D eigenvalue weighted by Gasteiger charge is 2.47. The Hall–Kier alpha value is -3.26. The zero-order chi connectivity index (χ0) is 25.3. The van der Waals surface area contributed by atoms with Gasteiger partial charge in [0.1, 0.15) is 6.17 Å². The number of hydrogen-bond acceptors (Lipinski definition) is 4. The number of hydrogen-bond donors (Lipinski definition) is 0. The van der Waals surface area contributed by atoms with Crippen LogP contribution in [0.5, 0.6) is 0 Å². The van der Waals surface area contributed by atoms with Crippen LogP contribution in [-0.4, -0.2) is 35.6 Å². The Kier molecular flexibility index (Phi) is 6.94. The predicted octanol–water partition coefficient (Wildman–Crippen LogP) is 5.34. The molecule has 4 rings (SSSR count). The van der Waals surface area contributed by atoms with Gasteiger partial charge in [0, 0.05) is 6.54 Å². The minimum atomic E-state index is -4.20. The maximum absolute atomic E-state index is 14.1. The fraction of sp³-hybridized carbons (Fsp3) is 0.185. The summed E-state index contributed by atoms with van der Waals surface area (Å²) >= 11 is 6.74. The van der Waals surface area contributed by atoms with E-state index in [1.165, 1.54) is 12.1 Å². The summed E-state index contributed by atoms with van der Waals surface area (Å²) in [5, 5.41) is 0.0890. The van der Waals surface area contributed by atoms with Crippen LogP contribution >= 0.6 is 11.6 Å². The van der Waals surface area contributed by atoms with Gasteiger partial charge >= 0.3 is 0 Å². The summed E-state index contributed by atoms with van der Waals surface area (Å²) in [5.74, 6) is -1.18. The van der Waals surface area contributed by atoms with Crippen LogP contribution in [0.2, 0.25) is 0 Å². The quantitative estimate of drug-likeness (QED) is 0.404. The van der Waals surface area contributed by atoms with Crippen LogP contribution < -0.4 is 0 Å². The van der Waals surface area contributed by atoms with E-state index < -0.39 is 28.0 Å². The maximum atomic E-state index is 14.1. The van der Waals surface area contributed by atoms with Crippen molar-refractivity contribution in [2.45, 2.75) is 38.4 Å². The normalized spacial score (nSPS) is 14.3. The topological polar surface area (TPSA) is 74.8 Å². The number of carbonyl (C=O) groups excluding carboxylic acids is 2. The largest absolute Gasteiger partial charge is 0.269 e. The van der Waals surface area contributed by atoms with Gasteiger partial charge < -0.3 is 0 Å². The standard InChI is InChI=1S/C27H25ClN2O4S/c1-18(2)24(28)25(30-26(31)22-11-7-8-12-23(22)27(30)32)29(17-20-9-5-4-6-10-20)35(33,34)21-15-13-19(3)14-16-21/h4-16,25H,17H2,1-3H3. The van der Waals surface area contributed by atoms with Crippen molar-refractivity contribution in [1.29, 1.82) is 0 Å². The van der Waals surface area contributed by atoms with E-state index in [9.17, 15) is 18.0 Å². The highest BCUT2D eigenvalue weighted by atomic mass is 35.5. The predicted molar refractivity (Wildman–Crippen MR) is 135 cm³/mol. The zero-order valence-electron chi connectivity index (χ0n) is 19.6. The summed E-state index contributed by atoms with van der Waals surface area (Å²) in [4.78, 5) is 27.9. The average Bonchev–Trinajstić information content (AvgIpc) is 3.10. The number of sulfonamides is 1. The zero-order valence-corrected chi connectivity index (χ0v) is 21.2. The van der Waals surface area contributed by atoms with Gasteiger partial charge in [-0.2, -0.15) is 4.31 Å². The molecule has 1 aliphatic heterocycles. The molecule has 0 N–H and O–H groups in total. The molecule has 0 saturated heterocycles. The molecule has 2 amide bonds. The van der Waals surface area contributed by atoms with Crippen molar-refractivity contribution < 1.29 is 18.0 Å². The molecule has 0 spiro atoms. The van der Waals surface area contributed by atoms with Crippen LogP contribution in [0.3, 0.4) is 0 Å². The number of allylic oxidation sites excluding steroid dienone is 1. The van der Waals surface area contributed by atoms with Crippen LogP contribution in [0.25, 0.3) is 0 Å². The fourth-order valence-corrected chi connectivity index (χ4v) is 5.77. The number of carbonyl (C=O) groups is 2. The molecule has 35 heavy (non-hydrogen) atoms. The lowest BCUT2D eigenvalue weighted by Crippen LogP contribution is -2.53. The van der Waals surface area contributed by atoms with Gasteiger partial charge in [-0.1, -0.05) is 77.3 Å². The Labute approximate surface area is 210 Å². The molecule has 0 aliphatic carbocycles. The van der Waals surface area contributed by atoms with Gasteiger partial charge in [0.25, 0.3) is 11.8 Å². The lowest BCUT2D eigenvalue weighted by Gasteiger charge is -2.36. The molecule has 3 aromatic carbocycles. The van der Waals surface area contributed by atoms with Crippen LogP contribution in [0, 0.1) is 6.92 Å². The third-order valence-corrected chi connectivity index (χ3v) is 8.24. The number of aryl methyl sites for hydroxylation is 1. The van der Waals surface area contributed by atoms with Gasteiger partial charge in [0.15, 0.2) is 0 Å². The van der Waals surface area contributed by atoms with Crippen molar-refractivity contribution in [2.75, 3.05) is 0 Å². The second-order valence-corrected chi connectivity index (χ2v) is 10.9. The summed E-state index contributed by atoms with van der Waals surface area (Å²) in [7, 11) is -4.20. The molecule has 3 aromatic rings. The molecule has 1 aliphatic rings. The molecule has 180 valence electrons. The second kappa shape index (κ2) is 9.77. The average molecular weight is 509 g/mol. The summed E-state index contributed by atoms with van der Waals surface area (Å²) in [6.07, 6.45) is -1.36. The van der Waals surface area contributed by atoms with Crippen molar-refractivity contribution in [3.63, 3.8) is 0 Å². The van der Waals surface area contributed by atoms with Crippen molar-refractivity contribution >= 4 is 33.4 Å². The molecule has 0 bridgehead atoms. The van der Waals surface area contributed by atoms with Crippen LogP contribution in [0.1, 0.15) is 45.7 Å². The second-order valence-electron chi connectivity index (χ2n) is 8.60. The third kappa shape index (κ3) is 4.67. The van der Waals surface area contributed by atoms with Gasteiger partial charge in [-0.25, -0.2) is 8.42 Å². The number of halogens is 1. The molecular formula is C27H25ClN2O4S. The van der Waals surface area contributed by atoms with Gasteiger partial charge in [-0.05, 0) is 50.6 Å². The Morgan fingerprint density at radius 3 is 1.89 bits per heavy atom. The first-order chi connectivity index (χ1) is 16.6. The SMILES string of the molecule is CC(C)=C(Cl)C(N1C(=O)c2ccccc2C1=O)N(Cc1ccccc1)S(=O)(=O)c1ccc(C)cc1. The number of imide groups is 1. The summed E-state index contributed by atoms with van der Waals surface area (Å²) in [5.41, 5.74) is 2.60. The number of nitrogens with zero attached hydrogens (tertiary/aromatic N) is 2. The van der Waals surface area contributed by atoms with E-state index in [1.54, 1.807) is 74.5 Å². The molecule has 0 saturated carbocycles. The molecule has 6 nitrogen and oxygen atoms in total. The first kappa shape index (κ1) is 24.9. The van der Waals surface area contributed by atoms with Gasteiger partial charge in [0.05, 0.1) is 21.1 Å². The van der Waals surface area contributed by atoms with Gasteiger partial charge in [-0.3, -0.25) is 14.5 Å². The van der Waals surface area contributed by atoms with Crippen molar-refractivity contribution in [3.8, 4) is 0 Å². The Morgan fingerprint density at radius 1 is 0.857 bits per heavy atom.